The van der Waals surface area contributed by atoms with Crippen molar-refractivity contribution < 1.29 is 14.3 Å². The van der Waals surface area contributed by atoms with Crippen LogP contribution in [0.2, 0.25) is 0 Å². The van der Waals surface area contributed by atoms with Crippen LogP contribution in [0.3, 0.4) is 0 Å². The lowest BCUT2D eigenvalue weighted by molar-refractivity contribution is -0.126. The lowest BCUT2D eigenvalue weighted by Crippen LogP contribution is -2.47. The SMILES string of the molecule is Cc1cccc(C)c1CCCCOC(=O)N[C@H]1CCC1=O. The molecular weight excluding hydrogens is 266 g/mol. The fraction of sp³-hybridized carbons (Fsp3) is 0.529. The van der Waals surface area contributed by atoms with Gasteiger partial charge in [0.05, 0.1) is 12.6 Å². The van der Waals surface area contributed by atoms with Crippen LogP contribution >= 0.6 is 0 Å². The summed E-state index contributed by atoms with van der Waals surface area (Å²) in [6.07, 6.45) is 3.66. The molecule has 4 nitrogen and oxygen atoms in total. The normalized spacial score (nSPS) is 17.2. The molecule has 1 fully saturated rings. The Morgan fingerprint density at radius 1 is 1.29 bits per heavy atom. The molecule has 1 N–H and O–H groups in total. The Labute approximate surface area is 125 Å². The number of hydrogen-bond donors (Lipinski definition) is 1. The first-order valence-electron chi connectivity index (χ1n) is 7.59. The van der Waals surface area contributed by atoms with Gasteiger partial charge >= 0.3 is 6.09 Å². The minimum Gasteiger partial charge on any atom is -0.450 e. The van der Waals surface area contributed by atoms with Crippen LogP contribution in [-0.4, -0.2) is 24.5 Å². The zero-order chi connectivity index (χ0) is 15.2. The molecule has 114 valence electrons. The minimum atomic E-state index is -0.472. The second-order valence-corrected chi connectivity index (χ2v) is 5.67. The van der Waals surface area contributed by atoms with Gasteiger partial charge in [-0.25, -0.2) is 4.79 Å². The van der Waals surface area contributed by atoms with Gasteiger partial charge < -0.3 is 10.1 Å². The highest BCUT2D eigenvalue weighted by Gasteiger charge is 2.29. The van der Waals surface area contributed by atoms with Crippen LogP contribution in [0, 0.1) is 13.8 Å². The van der Waals surface area contributed by atoms with Crippen LogP contribution in [0.5, 0.6) is 0 Å². The molecule has 0 radical (unpaired) electrons. The Balaban J connectivity index is 1.61. The maximum absolute atomic E-state index is 11.4. The van der Waals surface area contributed by atoms with Crippen LogP contribution in [0.1, 0.15) is 42.4 Å². The van der Waals surface area contributed by atoms with Crippen LogP contribution in [0.25, 0.3) is 0 Å². The Morgan fingerprint density at radius 3 is 2.57 bits per heavy atom. The molecule has 1 aromatic rings. The average molecular weight is 289 g/mol. The first-order valence-corrected chi connectivity index (χ1v) is 7.59. The summed E-state index contributed by atoms with van der Waals surface area (Å²) in [4.78, 5) is 22.5. The fourth-order valence-corrected chi connectivity index (χ4v) is 2.56. The Bertz CT molecular complexity index is 505. The zero-order valence-corrected chi connectivity index (χ0v) is 12.8. The van der Waals surface area contributed by atoms with E-state index in [0.717, 1.165) is 25.7 Å². The van der Waals surface area contributed by atoms with Gasteiger partial charge in [-0.05, 0) is 56.2 Å². The molecule has 0 aliphatic heterocycles. The van der Waals surface area contributed by atoms with Gasteiger partial charge in [-0.1, -0.05) is 18.2 Å². The summed E-state index contributed by atoms with van der Waals surface area (Å²) in [7, 11) is 0. The van der Waals surface area contributed by atoms with Gasteiger partial charge in [0, 0.05) is 6.42 Å². The molecule has 0 bridgehead atoms. The lowest BCUT2D eigenvalue weighted by atomic mass is 9.91. The largest absolute Gasteiger partial charge is 0.450 e. The van der Waals surface area contributed by atoms with E-state index in [4.69, 9.17) is 4.74 Å². The Kier molecular flexibility index (Phi) is 5.37. The number of Topliss-reactive ketones (excluding diaryl/α,β-unsaturated/α-hetero) is 1. The zero-order valence-electron chi connectivity index (χ0n) is 12.8. The first-order chi connectivity index (χ1) is 10.1. The van der Waals surface area contributed by atoms with E-state index in [1.807, 2.05) is 0 Å². The Hall–Kier alpha value is -1.84. The molecule has 0 spiro atoms. The molecule has 1 atom stereocenters. The molecule has 4 heteroatoms. The van der Waals surface area contributed by atoms with Crippen molar-refractivity contribution in [2.75, 3.05) is 6.61 Å². The molecule has 0 heterocycles. The summed E-state index contributed by atoms with van der Waals surface area (Å²) in [6, 6.07) is 6.01. The van der Waals surface area contributed by atoms with Crippen molar-refractivity contribution in [1.29, 1.82) is 0 Å². The number of ketones is 1. The van der Waals surface area contributed by atoms with E-state index in [-0.39, 0.29) is 11.8 Å². The number of hydrogen-bond acceptors (Lipinski definition) is 3. The van der Waals surface area contributed by atoms with Crippen molar-refractivity contribution in [2.45, 2.75) is 52.0 Å². The van der Waals surface area contributed by atoms with Gasteiger partial charge in [0.2, 0.25) is 0 Å². The summed E-state index contributed by atoms with van der Waals surface area (Å²) in [6.45, 7) is 4.65. The number of nitrogens with one attached hydrogen (secondary N) is 1. The van der Waals surface area contributed by atoms with Gasteiger partial charge in [-0.15, -0.1) is 0 Å². The highest BCUT2D eigenvalue weighted by atomic mass is 16.5. The number of carbonyl (C=O) groups is 2. The van der Waals surface area contributed by atoms with Crippen LogP contribution in [0.4, 0.5) is 4.79 Å². The van der Waals surface area contributed by atoms with Gasteiger partial charge in [0.1, 0.15) is 0 Å². The van der Waals surface area contributed by atoms with Crippen LogP contribution < -0.4 is 5.32 Å². The molecule has 0 saturated heterocycles. The third kappa shape index (κ3) is 4.31. The van der Waals surface area contributed by atoms with E-state index >= 15 is 0 Å². The average Bonchev–Trinajstić information content (AvgIpc) is 2.45. The summed E-state index contributed by atoms with van der Waals surface area (Å²) in [5.74, 6) is 0.0991. The number of aryl methyl sites for hydroxylation is 2. The second kappa shape index (κ2) is 7.25. The summed E-state index contributed by atoms with van der Waals surface area (Å²) in [5.41, 5.74) is 4.02. The van der Waals surface area contributed by atoms with Gasteiger partial charge in [0.25, 0.3) is 0 Å². The van der Waals surface area contributed by atoms with Crippen molar-refractivity contribution in [2.24, 2.45) is 0 Å². The molecular formula is C17H23NO3. The molecule has 21 heavy (non-hydrogen) atoms. The number of amides is 1. The number of ether oxygens (including phenoxy) is 1. The lowest BCUT2D eigenvalue weighted by Gasteiger charge is -2.24. The monoisotopic (exact) mass is 289 g/mol. The number of rotatable bonds is 6. The quantitative estimate of drug-likeness (QED) is 0.819. The van der Waals surface area contributed by atoms with Crippen molar-refractivity contribution in [1.82, 2.24) is 5.32 Å². The molecule has 1 amide bonds. The summed E-state index contributed by atoms with van der Waals surface area (Å²) in [5, 5.41) is 2.58. The number of alkyl carbamates (subject to hydrolysis) is 1. The van der Waals surface area contributed by atoms with Gasteiger partial charge in [-0.3, -0.25) is 4.79 Å². The number of carbonyl (C=O) groups excluding carboxylic acids is 2. The molecule has 0 aromatic heterocycles. The summed E-state index contributed by atoms with van der Waals surface area (Å²) >= 11 is 0. The van der Waals surface area contributed by atoms with Crippen molar-refractivity contribution in [3.05, 3.63) is 34.9 Å². The van der Waals surface area contributed by atoms with E-state index < -0.39 is 6.09 Å². The Morgan fingerprint density at radius 2 is 2.00 bits per heavy atom. The van der Waals surface area contributed by atoms with Crippen molar-refractivity contribution in [3.8, 4) is 0 Å². The summed E-state index contributed by atoms with van der Waals surface area (Å²) < 4.78 is 5.09. The van der Waals surface area contributed by atoms with Gasteiger partial charge in [-0.2, -0.15) is 0 Å². The second-order valence-electron chi connectivity index (χ2n) is 5.67. The predicted molar refractivity (Wildman–Crippen MR) is 81.4 cm³/mol. The molecule has 0 unspecified atom stereocenters. The standard InChI is InChI=1S/C17H23NO3/c1-12-6-5-7-13(2)14(12)8-3-4-11-21-17(20)18-15-9-10-16(15)19/h5-7,15H,3-4,8-11H2,1-2H3,(H,18,20)/t15-/m0/s1. The fourth-order valence-electron chi connectivity index (χ4n) is 2.56. The van der Waals surface area contributed by atoms with E-state index in [2.05, 4.69) is 37.4 Å². The van der Waals surface area contributed by atoms with E-state index in [1.165, 1.54) is 16.7 Å². The van der Waals surface area contributed by atoms with Crippen LogP contribution in [0.15, 0.2) is 18.2 Å². The highest BCUT2D eigenvalue weighted by molar-refractivity contribution is 5.92. The maximum Gasteiger partial charge on any atom is 0.407 e. The van der Waals surface area contributed by atoms with E-state index in [9.17, 15) is 9.59 Å². The van der Waals surface area contributed by atoms with Crippen LogP contribution in [-0.2, 0) is 16.0 Å². The number of unbranched alkanes of at least 4 members (excludes halogenated alkanes) is 1. The number of benzene rings is 1. The highest BCUT2D eigenvalue weighted by Crippen LogP contribution is 2.16. The van der Waals surface area contributed by atoms with E-state index in [1.54, 1.807) is 0 Å². The van der Waals surface area contributed by atoms with Crippen molar-refractivity contribution >= 4 is 11.9 Å². The van der Waals surface area contributed by atoms with Crippen molar-refractivity contribution in [3.63, 3.8) is 0 Å². The minimum absolute atomic E-state index is 0.0991. The third-order valence-corrected chi connectivity index (χ3v) is 4.06. The third-order valence-electron chi connectivity index (χ3n) is 4.06. The molecule has 1 aromatic carbocycles. The molecule has 1 aliphatic carbocycles. The maximum atomic E-state index is 11.4. The molecule has 1 saturated carbocycles. The smallest absolute Gasteiger partial charge is 0.407 e. The first kappa shape index (κ1) is 15.5. The predicted octanol–water partition coefficient (Wildman–Crippen LogP) is 3.08. The molecule has 2 rings (SSSR count). The molecule has 1 aliphatic rings. The topological polar surface area (TPSA) is 55.4 Å². The van der Waals surface area contributed by atoms with Gasteiger partial charge in [0.15, 0.2) is 5.78 Å². The van der Waals surface area contributed by atoms with E-state index in [0.29, 0.717) is 13.0 Å².